The summed E-state index contributed by atoms with van der Waals surface area (Å²) in [7, 11) is 0. The Morgan fingerprint density at radius 2 is 1.63 bits per heavy atom. The van der Waals surface area contributed by atoms with Gasteiger partial charge in [0, 0.05) is 37.0 Å². The quantitative estimate of drug-likeness (QED) is 0.178. The van der Waals surface area contributed by atoms with Gasteiger partial charge >= 0.3 is 18.0 Å². The van der Waals surface area contributed by atoms with Crippen molar-refractivity contribution in [3.8, 4) is 5.75 Å². The van der Waals surface area contributed by atoms with E-state index < -0.39 is 77.6 Å². The molecule has 5 aliphatic rings. The lowest BCUT2D eigenvalue weighted by atomic mass is 9.78. The van der Waals surface area contributed by atoms with Crippen LogP contribution >= 0.6 is 0 Å². The maximum absolute atomic E-state index is 12.3. The van der Waals surface area contributed by atoms with Gasteiger partial charge < -0.3 is 59.3 Å². The zero-order valence-electron chi connectivity index (χ0n) is 36.2. The number of aliphatic hydroxyl groups excluding tert-OH is 2. The van der Waals surface area contributed by atoms with Gasteiger partial charge in [-0.15, -0.1) is 0 Å². The van der Waals surface area contributed by atoms with Gasteiger partial charge in [0.2, 0.25) is 0 Å². The Kier molecular flexibility index (Phi) is 14.9. The van der Waals surface area contributed by atoms with Gasteiger partial charge in [-0.25, -0.2) is 4.79 Å². The van der Waals surface area contributed by atoms with Crippen LogP contribution in [0.3, 0.4) is 0 Å². The highest BCUT2D eigenvalue weighted by molar-refractivity contribution is 5.73. The van der Waals surface area contributed by atoms with Crippen LogP contribution in [-0.4, -0.2) is 111 Å². The number of carbonyl (C=O) groups is 3. The minimum absolute atomic E-state index is 0.121. The molecule has 15 heteroatoms. The van der Waals surface area contributed by atoms with Crippen LogP contribution in [0.15, 0.2) is 30.3 Å². The Labute approximate surface area is 348 Å². The summed E-state index contributed by atoms with van der Waals surface area (Å²) < 4.78 is 43.6. The summed E-state index contributed by atoms with van der Waals surface area (Å²) in [6.07, 6.45) is 0.450. The van der Waals surface area contributed by atoms with Crippen molar-refractivity contribution in [3.05, 3.63) is 30.3 Å². The summed E-state index contributed by atoms with van der Waals surface area (Å²) in [5, 5.41) is 42.0. The van der Waals surface area contributed by atoms with E-state index in [0.717, 1.165) is 25.7 Å². The molecule has 1 aromatic carbocycles. The standard InChI is InChI=1S/C37H62O12.C7H7NO2/c1-10-28(40)45-30(24(7)33(41)42)23(6)31-22(5)25(39)17-36(47-31)14-13-34(8,49-36)27-11-12-35(9,46-27)32-20(3)16-26(44-32)29-19(2)15-21(4)37(43,18-38)48-29;8-7(9)10-6-4-2-1-3-5-6/h19-27,29-32,38-39,43H,10-18H2,1-9H3,(H,41,42);1-5H,(H2,8,9)/t19-,20-,21+,22+,23-,24+,25-,26+,27+,29-,30+,31-,32?,34-,35-,36+,37-;/m0./s1. The van der Waals surface area contributed by atoms with E-state index in [0.29, 0.717) is 18.6 Å². The van der Waals surface area contributed by atoms with E-state index in [2.05, 4.69) is 25.5 Å². The number of ether oxygens (including phenoxy) is 7. The van der Waals surface area contributed by atoms with Crippen molar-refractivity contribution < 1.29 is 68.0 Å². The summed E-state index contributed by atoms with van der Waals surface area (Å²) in [6, 6.07) is 8.67. The van der Waals surface area contributed by atoms with Crippen molar-refractivity contribution in [2.24, 2.45) is 41.2 Å². The molecule has 0 bridgehead atoms. The number of nitrogens with two attached hydrogens (primary N) is 1. The number of rotatable bonds is 11. The molecule has 6 N–H and O–H groups in total. The number of carbonyl (C=O) groups excluding carboxylic acids is 2. The highest BCUT2D eigenvalue weighted by Gasteiger charge is 2.61. The maximum atomic E-state index is 12.3. The number of para-hydroxylation sites is 1. The largest absolute Gasteiger partial charge is 0.481 e. The average molecular weight is 836 g/mol. The molecule has 0 radical (unpaired) electrons. The number of primary amides is 1. The first-order chi connectivity index (χ1) is 27.6. The van der Waals surface area contributed by atoms with Crippen LogP contribution in [0.1, 0.15) is 114 Å². The summed E-state index contributed by atoms with van der Waals surface area (Å²) in [5.41, 5.74) is 3.48. The van der Waals surface area contributed by atoms with Crippen molar-refractivity contribution in [3.63, 3.8) is 0 Å². The number of hydrogen-bond acceptors (Lipinski definition) is 13. The Morgan fingerprint density at radius 1 is 0.949 bits per heavy atom. The first kappa shape index (κ1) is 47.2. The van der Waals surface area contributed by atoms with Gasteiger partial charge in [-0.05, 0) is 76.8 Å². The molecule has 0 aromatic heterocycles. The number of aliphatic carboxylic acids is 1. The predicted molar refractivity (Wildman–Crippen MR) is 214 cm³/mol. The number of benzene rings is 1. The van der Waals surface area contributed by atoms with Gasteiger partial charge in [-0.1, -0.05) is 59.7 Å². The first-order valence-corrected chi connectivity index (χ1v) is 21.4. The number of carboxylic acid groups (broad SMARTS) is 1. The minimum Gasteiger partial charge on any atom is -0.481 e. The monoisotopic (exact) mass is 835 g/mol. The summed E-state index contributed by atoms with van der Waals surface area (Å²) in [4.78, 5) is 34.5. The molecular weight excluding hydrogens is 766 g/mol. The van der Waals surface area contributed by atoms with Gasteiger partial charge in [0.15, 0.2) is 11.6 Å². The topological polar surface area (TPSA) is 223 Å². The van der Waals surface area contributed by atoms with Crippen molar-refractivity contribution in [2.45, 2.75) is 179 Å². The Morgan fingerprint density at radius 3 is 2.24 bits per heavy atom. The van der Waals surface area contributed by atoms with E-state index in [1.807, 2.05) is 33.8 Å². The number of esters is 1. The maximum Gasteiger partial charge on any atom is 0.409 e. The normalized spacial score (nSPS) is 42.3. The smallest absolute Gasteiger partial charge is 0.409 e. The zero-order chi connectivity index (χ0) is 43.7. The lowest BCUT2D eigenvalue weighted by Gasteiger charge is -2.48. The molecular formula is C44H69NO14. The van der Waals surface area contributed by atoms with Crippen LogP contribution < -0.4 is 10.5 Å². The lowest BCUT2D eigenvalue weighted by molar-refractivity contribution is -0.335. The first-order valence-electron chi connectivity index (χ1n) is 21.4. The molecule has 6 rings (SSSR count). The van der Waals surface area contributed by atoms with Gasteiger partial charge in [0.1, 0.15) is 11.9 Å². The summed E-state index contributed by atoms with van der Waals surface area (Å²) in [5.74, 6) is -5.43. The van der Waals surface area contributed by atoms with Crippen LogP contribution in [0.25, 0.3) is 0 Å². The molecule has 59 heavy (non-hydrogen) atoms. The highest BCUT2D eigenvalue weighted by atomic mass is 16.7. The van der Waals surface area contributed by atoms with Crippen molar-refractivity contribution in [1.29, 1.82) is 0 Å². The molecule has 0 aliphatic carbocycles. The molecule has 1 amide bonds. The molecule has 5 aliphatic heterocycles. The van der Waals surface area contributed by atoms with Crippen molar-refractivity contribution >= 4 is 18.0 Å². The van der Waals surface area contributed by atoms with E-state index in [4.69, 9.17) is 34.2 Å². The number of carboxylic acids is 1. The van der Waals surface area contributed by atoms with E-state index in [-0.39, 0.29) is 60.9 Å². The molecule has 1 unspecified atom stereocenters. The fourth-order valence-corrected chi connectivity index (χ4v) is 10.3. The number of amides is 1. The molecule has 1 spiro atoms. The van der Waals surface area contributed by atoms with Gasteiger partial charge in [-0.3, -0.25) is 9.59 Å². The summed E-state index contributed by atoms with van der Waals surface area (Å²) in [6.45, 7) is 16.7. The Balaban J connectivity index is 0.000000578. The third kappa shape index (κ3) is 10.3. The van der Waals surface area contributed by atoms with Crippen LogP contribution in [0, 0.1) is 35.5 Å². The fourth-order valence-electron chi connectivity index (χ4n) is 10.3. The molecule has 5 saturated heterocycles. The second-order valence-electron chi connectivity index (χ2n) is 18.5. The van der Waals surface area contributed by atoms with E-state index in [9.17, 15) is 34.8 Å². The highest BCUT2D eigenvalue weighted by Crippen LogP contribution is 2.54. The van der Waals surface area contributed by atoms with Crippen molar-refractivity contribution in [1.82, 2.24) is 0 Å². The molecule has 334 valence electrons. The molecule has 17 atom stereocenters. The van der Waals surface area contributed by atoms with E-state index in [1.165, 1.54) is 6.92 Å². The van der Waals surface area contributed by atoms with Crippen LogP contribution in [0.2, 0.25) is 0 Å². The van der Waals surface area contributed by atoms with Crippen LogP contribution in [-0.2, 0) is 38.0 Å². The lowest BCUT2D eigenvalue weighted by Crippen LogP contribution is -2.57. The third-order valence-electron chi connectivity index (χ3n) is 13.9. The molecule has 15 nitrogen and oxygen atoms in total. The average Bonchev–Trinajstić information content (AvgIpc) is 3.89. The zero-order valence-corrected chi connectivity index (χ0v) is 36.2. The van der Waals surface area contributed by atoms with Crippen LogP contribution in [0.5, 0.6) is 5.75 Å². The van der Waals surface area contributed by atoms with E-state index >= 15 is 0 Å². The van der Waals surface area contributed by atoms with Gasteiger partial charge in [0.05, 0.1) is 60.4 Å². The van der Waals surface area contributed by atoms with Crippen LogP contribution in [0.4, 0.5) is 4.79 Å². The Hall–Kier alpha value is -2.89. The molecule has 5 heterocycles. The van der Waals surface area contributed by atoms with Gasteiger partial charge in [-0.2, -0.15) is 0 Å². The van der Waals surface area contributed by atoms with Crippen molar-refractivity contribution in [2.75, 3.05) is 6.61 Å². The fraction of sp³-hybridized carbons (Fsp3) is 0.795. The second kappa shape index (κ2) is 18.6. The molecule has 1 aromatic rings. The Bertz CT molecular complexity index is 1600. The predicted octanol–water partition coefficient (Wildman–Crippen LogP) is 5.33. The second-order valence-corrected chi connectivity index (χ2v) is 18.5. The third-order valence-corrected chi connectivity index (χ3v) is 13.9. The summed E-state index contributed by atoms with van der Waals surface area (Å²) >= 11 is 0. The molecule has 5 fully saturated rings. The van der Waals surface area contributed by atoms with Gasteiger partial charge in [0.25, 0.3) is 0 Å². The number of aliphatic hydroxyl groups is 3. The molecule has 0 saturated carbocycles. The van der Waals surface area contributed by atoms with E-state index in [1.54, 1.807) is 31.2 Å². The SMILES string of the molecule is CCC(=O)O[C@H]([C@H](C)[C@H]1O[C@@]2(CC[C@@](C)([C@H]3CC[C@@](C)(C4O[C@@H]([C@H]5O[C@@](O)(CO)[C@H](C)C[C@@H]5C)C[C@@H]4C)O3)O2)C[C@H](O)[C@H]1C)[C@@H](C)C(=O)O.NC(=O)Oc1ccccc1. The minimum atomic E-state index is -1.58. The number of hydrogen-bond donors (Lipinski definition) is 5.